The highest BCUT2D eigenvalue weighted by Gasteiger charge is 2.23. The third-order valence-electron chi connectivity index (χ3n) is 5.46. The lowest BCUT2D eigenvalue weighted by atomic mass is 9.84. The van der Waals surface area contributed by atoms with Crippen LogP contribution in [0.25, 0.3) is 21.3 Å². The predicted molar refractivity (Wildman–Crippen MR) is 120 cm³/mol. The maximum Gasteiger partial charge on any atom is 0.260 e. The Balaban J connectivity index is 2.07. The van der Waals surface area contributed by atoms with E-state index in [1.54, 1.807) is 11.3 Å². The molecule has 0 fully saturated rings. The summed E-state index contributed by atoms with van der Waals surface area (Å²) >= 11 is 1.54. The summed E-state index contributed by atoms with van der Waals surface area (Å²) in [6, 6.07) is 11.7. The van der Waals surface area contributed by atoms with Gasteiger partial charge in [-0.2, -0.15) is 0 Å². The van der Waals surface area contributed by atoms with Gasteiger partial charge in [-0.25, -0.2) is 0 Å². The van der Waals surface area contributed by atoms with E-state index in [1.807, 2.05) is 48.7 Å². The monoisotopic (exact) mass is 393 g/mol. The minimum absolute atomic E-state index is 0.124. The largest absolute Gasteiger partial charge is 0.491 e. The summed E-state index contributed by atoms with van der Waals surface area (Å²) in [5.41, 5.74) is 3.66. The fourth-order valence-electron chi connectivity index (χ4n) is 3.47. The molecule has 2 heterocycles. The Bertz CT molecular complexity index is 1060. The number of para-hydroxylation sites is 1. The summed E-state index contributed by atoms with van der Waals surface area (Å²) in [7, 11) is 0. The Morgan fingerprint density at radius 1 is 1.25 bits per heavy atom. The lowest BCUT2D eigenvalue weighted by Gasteiger charge is -2.26. The molecule has 2 unspecified atom stereocenters. The molecule has 146 valence electrons. The summed E-state index contributed by atoms with van der Waals surface area (Å²) in [4.78, 5) is 16.8. The van der Waals surface area contributed by atoms with Gasteiger partial charge in [0.15, 0.2) is 0 Å². The minimum Gasteiger partial charge on any atom is -0.491 e. The van der Waals surface area contributed by atoms with E-state index in [9.17, 15) is 4.79 Å². The average molecular weight is 394 g/mol. The molecule has 3 rings (SSSR count). The van der Waals surface area contributed by atoms with Gasteiger partial charge in [-0.15, -0.1) is 11.3 Å². The van der Waals surface area contributed by atoms with Crippen LogP contribution in [0.3, 0.4) is 0 Å². The van der Waals surface area contributed by atoms with Gasteiger partial charge in [-0.3, -0.25) is 4.79 Å². The number of pyridine rings is 1. The zero-order valence-corrected chi connectivity index (χ0v) is 17.7. The number of rotatable bonds is 7. The fraction of sp³-hybridized carbons (Fsp3) is 0.292. The summed E-state index contributed by atoms with van der Waals surface area (Å²) in [6.07, 6.45) is 2.14. The first-order chi connectivity index (χ1) is 13.4. The van der Waals surface area contributed by atoms with Crippen LogP contribution in [0.4, 0.5) is 0 Å². The predicted octanol–water partition coefficient (Wildman–Crippen LogP) is 6.43. The van der Waals surface area contributed by atoms with E-state index in [2.05, 4.69) is 38.4 Å². The maximum atomic E-state index is 12.9. The Hall–Kier alpha value is -2.59. The molecular formula is C24H27NO2S. The maximum absolute atomic E-state index is 12.9. The highest BCUT2D eigenvalue weighted by atomic mass is 32.1. The Labute approximate surface area is 170 Å². The van der Waals surface area contributed by atoms with Crippen molar-refractivity contribution in [3.63, 3.8) is 0 Å². The topological polar surface area (TPSA) is 42.1 Å². The number of hydrogen-bond donors (Lipinski definition) is 1. The van der Waals surface area contributed by atoms with Crippen LogP contribution in [0.15, 0.2) is 70.4 Å². The molecule has 4 heteroatoms. The van der Waals surface area contributed by atoms with E-state index in [0.29, 0.717) is 23.8 Å². The first-order valence-electron chi connectivity index (χ1n) is 9.54. The van der Waals surface area contributed by atoms with E-state index < -0.39 is 0 Å². The molecule has 0 aliphatic carbocycles. The zero-order chi connectivity index (χ0) is 20.3. The van der Waals surface area contributed by atoms with Crippen molar-refractivity contribution in [2.24, 2.45) is 11.8 Å². The van der Waals surface area contributed by atoms with Gasteiger partial charge in [0.05, 0.1) is 17.7 Å². The lowest BCUT2D eigenvalue weighted by Crippen LogP contribution is -2.23. The van der Waals surface area contributed by atoms with Crippen molar-refractivity contribution in [3.8, 4) is 16.2 Å². The van der Waals surface area contributed by atoms with E-state index >= 15 is 0 Å². The number of thiophene rings is 1. The van der Waals surface area contributed by atoms with Gasteiger partial charge in [-0.05, 0) is 50.3 Å². The number of hydrogen-bond acceptors (Lipinski definition) is 3. The molecule has 0 radical (unpaired) electrons. The Morgan fingerprint density at radius 2 is 2.00 bits per heavy atom. The second kappa shape index (κ2) is 8.61. The minimum atomic E-state index is -0.124. The van der Waals surface area contributed by atoms with Crippen LogP contribution in [0.2, 0.25) is 0 Å². The van der Waals surface area contributed by atoms with Crippen LogP contribution in [0.1, 0.15) is 27.7 Å². The van der Waals surface area contributed by atoms with Crippen molar-refractivity contribution in [3.05, 3.63) is 75.9 Å². The Kier molecular flexibility index (Phi) is 6.20. The first kappa shape index (κ1) is 20.2. The molecule has 2 aromatic heterocycles. The summed E-state index contributed by atoms with van der Waals surface area (Å²) in [5, 5.41) is 2.89. The highest BCUT2D eigenvalue weighted by molar-refractivity contribution is 7.13. The molecule has 2 atom stereocenters. The second-order valence-corrected chi connectivity index (χ2v) is 8.21. The Morgan fingerprint density at radius 3 is 2.64 bits per heavy atom. The number of benzene rings is 1. The molecular weight excluding hydrogens is 366 g/mol. The molecule has 0 amide bonds. The van der Waals surface area contributed by atoms with Crippen LogP contribution in [0.5, 0.6) is 5.75 Å². The quantitative estimate of drug-likeness (QED) is 0.470. The third-order valence-corrected chi connectivity index (χ3v) is 6.35. The molecule has 3 aromatic rings. The molecule has 0 aliphatic rings. The fourth-order valence-corrected chi connectivity index (χ4v) is 4.24. The smallest absolute Gasteiger partial charge is 0.260 e. The van der Waals surface area contributed by atoms with Crippen molar-refractivity contribution < 1.29 is 4.74 Å². The summed E-state index contributed by atoms with van der Waals surface area (Å²) in [6.45, 7) is 13.1. The van der Waals surface area contributed by atoms with E-state index in [1.165, 1.54) is 5.57 Å². The van der Waals surface area contributed by atoms with Gasteiger partial charge in [0, 0.05) is 16.2 Å². The number of fused-ring (bicyclic) bond motifs is 1. The number of nitrogens with one attached hydrogen (secondary N) is 1. The molecule has 1 aromatic carbocycles. The van der Waals surface area contributed by atoms with Gasteiger partial charge in [0.1, 0.15) is 5.75 Å². The summed E-state index contributed by atoms with van der Waals surface area (Å²) < 4.78 is 6.39. The third kappa shape index (κ3) is 3.97. The number of aromatic amines is 1. The highest BCUT2D eigenvalue weighted by Crippen LogP contribution is 2.36. The molecule has 0 aliphatic heterocycles. The SMILES string of the molecule is C=C(C)C(COc1c(-c2cccs2)c(=O)[nH]c2ccccc12)C(C)C(C)=CC. The second-order valence-electron chi connectivity index (χ2n) is 7.27. The van der Waals surface area contributed by atoms with Crippen molar-refractivity contribution in [1.29, 1.82) is 0 Å². The van der Waals surface area contributed by atoms with E-state index in [-0.39, 0.29) is 11.5 Å². The molecule has 0 bridgehead atoms. The first-order valence-corrected chi connectivity index (χ1v) is 10.4. The van der Waals surface area contributed by atoms with Gasteiger partial charge in [-0.1, -0.05) is 48.9 Å². The van der Waals surface area contributed by atoms with Crippen LogP contribution in [-0.4, -0.2) is 11.6 Å². The van der Waals surface area contributed by atoms with Crippen LogP contribution >= 0.6 is 11.3 Å². The molecule has 28 heavy (non-hydrogen) atoms. The number of aromatic nitrogens is 1. The van der Waals surface area contributed by atoms with Crippen molar-refractivity contribution >= 4 is 22.2 Å². The van der Waals surface area contributed by atoms with Gasteiger partial charge in [0.25, 0.3) is 5.56 Å². The number of ether oxygens (including phenoxy) is 1. The summed E-state index contributed by atoms with van der Waals surface area (Å²) in [5.74, 6) is 1.14. The standard InChI is InChI=1S/C24H27NO2S/c1-6-16(4)17(5)19(15(2)3)14-27-23-18-10-7-8-11-20(18)25-24(26)22(23)21-12-9-13-28-21/h6-13,17,19H,2,14H2,1,3-5H3,(H,25,26). The van der Waals surface area contributed by atoms with Crippen molar-refractivity contribution in [2.75, 3.05) is 6.61 Å². The van der Waals surface area contributed by atoms with Gasteiger partial charge < -0.3 is 9.72 Å². The van der Waals surface area contributed by atoms with Crippen LogP contribution in [-0.2, 0) is 0 Å². The van der Waals surface area contributed by atoms with Crippen molar-refractivity contribution in [1.82, 2.24) is 4.98 Å². The van der Waals surface area contributed by atoms with Crippen molar-refractivity contribution in [2.45, 2.75) is 27.7 Å². The lowest BCUT2D eigenvalue weighted by molar-refractivity contribution is 0.243. The van der Waals surface area contributed by atoms with Crippen LogP contribution in [0, 0.1) is 11.8 Å². The van der Waals surface area contributed by atoms with Gasteiger partial charge >= 0.3 is 0 Å². The number of H-pyrrole nitrogens is 1. The van der Waals surface area contributed by atoms with Gasteiger partial charge in [0.2, 0.25) is 0 Å². The normalized spacial score (nSPS) is 14.1. The molecule has 3 nitrogen and oxygen atoms in total. The van der Waals surface area contributed by atoms with E-state index in [0.717, 1.165) is 21.4 Å². The molecule has 1 N–H and O–H groups in total. The van der Waals surface area contributed by atoms with Crippen LogP contribution < -0.4 is 10.3 Å². The zero-order valence-electron chi connectivity index (χ0n) is 16.9. The molecule has 0 spiro atoms. The molecule has 0 saturated heterocycles. The average Bonchev–Trinajstić information content (AvgIpc) is 3.20. The number of allylic oxidation sites excluding steroid dienone is 2. The van der Waals surface area contributed by atoms with E-state index in [4.69, 9.17) is 4.74 Å². The molecule has 0 saturated carbocycles.